The van der Waals surface area contributed by atoms with Gasteiger partial charge in [-0.1, -0.05) is 24.3 Å². The highest BCUT2D eigenvalue weighted by molar-refractivity contribution is 7.10. The van der Waals surface area contributed by atoms with Crippen LogP contribution in [0, 0.1) is 0 Å². The lowest BCUT2D eigenvalue weighted by atomic mass is 9.97. The average molecular weight is 338 g/mol. The molecule has 2 atom stereocenters. The van der Waals surface area contributed by atoms with Gasteiger partial charge >= 0.3 is 0 Å². The minimum absolute atomic E-state index is 0.133. The molecule has 114 valence electrons. The van der Waals surface area contributed by atoms with Crippen molar-refractivity contribution in [1.29, 1.82) is 0 Å². The van der Waals surface area contributed by atoms with Crippen LogP contribution in [-0.2, 0) is 0 Å². The summed E-state index contributed by atoms with van der Waals surface area (Å²) < 4.78 is 6.29. The van der Waals surface area contributed by atoms with Crippen molar-refractivity contribution < 1.29 is 4.74 Å². The van der Waals surface area contributed by atoms with Gasteiger partial charge in [0.15, 0.2) is 0 Å². The largest absolute Gasteiger partial charge is 0.464 e. The molecule has 4 heterocycles. The van der Waals surface area contributed by atoms with Crippen LogP contribution < -0.4 is 4.74 Å². The van der Waals surface area contributed by atoms with Crippen molar-refractivity contribution in [2.75, 3.05) is 0 Å². The van der Waals surface area contributed by atoms with Crippen LogP contribution in [0.15, 0.2) is 63.7 Å². The molecule has 0 fully saturated rings. The van der Waals surface area contributed by atoms with Gasteiger partial charge in [-0.15, -0.1) is 11.3 Å². The first-order valence-electron chi connectivity index (χ1n) is 7.57. The summed E-state index contributed by atoms with van der Waals surface area (Å²) in [4.78, 5) is 1.19. The second-order valence-electron chi connectivity index (χ2n) is 5.68. The minimum Gasteiger partial charge on any atom is -0.464 e. The van der Waals surface area contributed by atoms with Crippen molar-refractivity contribution in [3.8, 4) is 5.75 Å². The molecule has 0 aliphatic carbocycles. The van der Waals surface area contributed by atoms with Crippen LogP contribution in [0.2, 0.25) is 0 Å². The molecule has 3 aromatic rings. The van der Waals surface area contributed by atoms with E-state index in [-0.39, 0.29) is 12.3 Å². The fourth-order valence-corrected chi connectivity index (χ4v) is 4.67. The van der Waals surface area contributed by atoms with E-state index in [9.17, 15) is 0 Å². The fourth-order valence-electron chi connectivity index (χ4n) is 3.26. The first-order valence-corrected chi connectivity index (χ1v) is 9.40. The van der Waals surface area contributed by atoms with E-state index in [1.165, 1.54) is 16.0 Å². The monoisotopic (exact) mass is 338 g/mol. The lowest BCUT2D eigenvalue weighted by Gasteiger charge is -2.37. The first kappa shape index (κ1) is 13.3. The van der Waals surface area contributed by atoms with Crippen molar-refractivity contribution in [2.24, 2.45) is 5.10 Å². The molecule has 23 heavy (non-hydrogen) atoms. The molecule has 5 heteroatoms. The number of thiophene rings is 2. The van der Waals surface area contributed by atoms with Crippen molar-refractivity contribution in [1.82, 2.24) is 5.01 Å². The van der Waals surface area contributed by atoms with E-state index in [4.69, 9.17) is 9.84 Å². The number of ether oxygens (including phenoxy) is 1. The van der Waals surface area contributed by atoms with Gasteiger partial charge in [-0.05, 0) is 34.3 Å². The van der Waals surface area contributed by atoms with Gasteiger partial charge in [0.05, 0.1) is 16.6 Å². The highest BCUT2D eigenvalue weighted by Gasteiger charge is 2.41. The van der Waals surface area contributed by atoms with Crippen molar-refractivity contribution in [2.45, 2.75) is 18.7 Å². The number of hydrogen-bond donors (Lipinski definition) is 0. The van der Waals surface area contributed by atoms with Crippen molar-refractivity contribution >= 4 is 28.4 Å². The van der Waals surface area contributed by atoms with Gasteiger partial charge in [-0.2, -0.15) is 16.4 Å². The quantitative estimate of drug-likeness (QED) is 0.653. The molecule has 0 spiro atoms. The highest BCUT2D eigenvalue weighted by atomic mass is 32.1. The third kappa shape index (κ3) is 2.11. The Morgan fingerprint density at radius 2 is 2.04 bits per heavy atom. The Morgan fingerprint density at radius 1 is 1.09 bits per heavy atom. The Morgan fingerprint density at radius 3 is 2.87 bits per heavy atom. The second-order valence-corrected chi connectivity index (χ2v) is 7.44. The maximum absolute atomic E-state index is 6.29. The zero-order chi connectivity index (χ0) is 15.2. The molecule has 0 radical (unpaired) electrons. The summed E-state index contributed by atoms with van der Waals surface area (Å²) in [5.74, 6) is 0.980. The lowest BCUT2D eigenvalue weighted by molar-refractivity contribution is -0.0165. The molecule has 0 amide bonds. The van der Waals surface area contributed by atoms with Crippen LogP contribution in [0.3, 0.4) is 0 Å². The molecule has 1 aromatic carbocycles. The van der Waals surface area contributed by atoms with Gasteiger partial charge in [-0.25, -0.2) is 5.01 Å². The summed E-state index contributed by atoms with van der Waals surface area (Å²) in [5.41, 5.74) is 3.61. The molecule has 5 rings (SSSR count). The maximum atomic E-state index is 6.29. The van der Waals surface area contributed by atoms with Crippen LogP contribution in [-0.4, -0.2) is 10.7 Å². The normalized spacial score (nSPS) is 22.3. The Balaban J connectivity index is 1.62. The summed E-state index contributed by atoms with van der Waals surface area (Å²) in [7, 11) is 0. The smallest absolute Gasteiger partial charge is 0.222 e. The number of para-hydroxylation sites is 1. The third-order valence-electron chi connectivity index (χ3n) is 4.34. The molecular formula is C18H14N2OS2. The van der Waals surface area contributed by atoms with Crippen LogP contribution in [0.1, 0.15) is 34.7 Å². The third-order valence-corrected chi connectivity index (χ3v) is 5.93. The van der Waals surface area contributed by atoms with Gasteiger partial charge < -0.3 is 4.74 Å². The number of benzene rings is 1. The van der Waals surface area contributed by atoms with Gasteiger partial charge in [0.2, 0.25) is 6.23 Å². The van der Waals surface area contributed by atoms with Gasteiger partial charge in [0.25, 0.3) is 0 Å². The van der Waals surface area contributed by atoms with E-state index in [1.54, 1.807) is 22.7 Å². The molecular weight excluding hydrogens is 324 g/mol. The van der Waals surface area contributed by atoms with Crippen LogP contribution >= 0.6 is 22.7 Å². The minimum atomic E-state index is -0.133. The maximum Gasteiger partial charge on any atom is 0.222 e. The molecule has 0 saturated carbocycles. The molecule has 0 saturated heterocycles. The van der Waals surface area contributed by atoms with E-state index in [0.29, 0.717) is 0 Å². The predicted molar refractivity (Wildman–Crippen MR) is 94.2 cm³/mol. The van der Waals surface area contributed by atoms with Crippen LogP contribution in [0.25, 0.3) is 0 Å². The van der Waals surface area contributed by atoms with Gasteiger partial charge in [0.1, 0.15) is 5.75 Å². The molecule has 2 aromatic heterocycles. The molecule has 2 unspecified atom stereocenters. The highest BCUT2D eigenvalue weighted by Crippen LogP contribution is 2.48. The summed E-state index contributed by atoms with van der Waals surface area (Å²) in [5, 5.41) is 13.4. The topological polar surface area (TPSA) is 24.8 Å². The number of hydrazone groups is 1. The van der Waals surface area contributed by atoms with E-state index < -0.39 is 0 Å². The summed E-state index contributed by atoms with van der Waals surface area (Å²) in [6, 6.07) is 14.9. The zero-order valence-corrected chi connectivity index (χ0v) is 13.9. The number of nitrogens with zero attached hydrogens (tertiary/aromatic N) is 2. The molecule has 2 aliphatic rings. The Kier molecular flexibility index (Phi) is 3.02. The molecule has 0 bridgehead atoms. The predicted octanol–water partition coefficient (Wildman–Crippen LogP) is 5.05. The van der Waals surface area contributed by atoms with Crippen LogP contribution in [0.4, 0.5) is 0 Å². The summed E-state index contributed by atoms with van der Waals surface area (Å²) >= 11 is 3.43. The van der Waals surface area contributed by atoms with Crippen molar-refractivity contribution in [3.05, 3.63) is 74.6 Å². The number of hydrogen-bond acceptors (Lipinski definition) is 5. The second kappa shape index (κ2) is 5.22. The molecule has 3 nitrogen and oxygen atoms in total. The number of fused-ring (bicyclic) bond motifs is 3. The SMILES string of the molecule is c1csc(C2Oc3ccccc3C3CC(c4ccsc4)=NN32)c1. The fraction of sp³-hybridized carbons (Fsp3) is 0.167. The lowest BCUT2D eigenvalue weighted by Crippen LogP contribution is -2.33. The average Bonchev–Trinajstić information content (AvgIpc) is 3.34. The van der Waals surface area contributed by atoms with E-state index in [1.807, 2.05) is 6.07 Å². The van der Waals surface area contributed by atoms with Crippen molar-refractivity contribution in [3.63, 3.8) is 0 Å². The summed E-state index contributed by atoms with van der Waals surface area (Å²) in [6.45, 7) is 0. The van der Waals surface area contributed by atoms with Gasteiger partial charge in [-0.3, -0.25) is 0 Å². The Bertz CT molecular complexity index is 855. The van der Waals surface area contributed by atoms with E-state index >= 15 is 0 Å². The Hall–Kier alpha value is -2.11. The van der Waals surface area contributed by atoms with E-state index in [0.717, 1.165) is 17.9 Å². The number of rotatable bonds is 2. The zero-order valence-electron chi connectivity index (χ0n) is 12.3. The molecule has 2 aliphatic heterocycles. The standard InChI is InChI=1S/C18H14N2OS2/c1-2-5-16-13(4-1)15-10-14(12-7-9-22-11-12)19-20(15)18(21-16)17-6-3-8-23-17/h1-9,11,15,18H,10H2. The first-order chi connectivity index (χ1) is 11.4. The Labute approximate surface area is 142 Å². The summed E-state index contributed by atoms with van der Waals surface area (Å²) in [6.07, 6.45) is 0.796. The van der Waals surface area contributed by atoms with E-state index in [2.05, 4.69) is 57.5 Å². The van der Waals surface area contributed by atoms with Gasteiger partial charge in [0, 0.05) is 17.5 Å². The van der Waals surface area contributed by atoms with Crippen LogP contribution in [0.5, 0.6) is 5.75 Å². The molecule has 0 N–H and O–H groups in total.